The maximum atomic E-state index is 6.33. The first-order valence-electron chi connectivity index (χ1n) is 6.44. The summed E-state index contributed by atoms with van der Waals surface area (Å²) in [5.74, 6) is 0. The Hall–Kier alpha value is -1.42. The molecular formula is C16H15ClN2S. The van der Waals surface area contributed by atoms with E-state index in [2.05, 4.69) is 23.2 Å². The number of aromatic nitrogens is 1. The Bertz CT molecular complexity index is 716. The topological polar surface area (TPSA) is 41.8 Å². The van der Waals surface area contributed by atoms with Crippen LogP contribution in [0.1, 0.15) is 18.5 Å². The number of nitrogens with two attached hydrogens (primary N) is 1. The molecule has 2 aromatic carbocycles. The maximum Gasteiger partial charge on any atom is 0.0781 e. The second-order valence-corrected chi connectivity index (χ2v) is 6.29. The third-order valence-corrected chi connectivity index (χ3v) is 4.65. The van der Waals surface area contributed by atoms with Gasteiger partial charge >= 0.3 is 0 Å². The van der Waals surface area contributed by atoms with Crippen molar-refractivity contribution in [2.75, 3.05) is 0 Å². The molecule has 0 saturated heterocycles. The average molecular weight is 303 g/mol. The van der Waals surface area contributed by atoms with Crippen LogP contribution in [-0.2, 0) is 0 Å². The summed E-state index contributed by atoms with van der Waals surface area (Å²) in [5, 5.41) is 3.03. The molecule has 0 radical (unpaired) electrons. The Kier molecular flexibility index (Phi) is 3.74. The van der Waals surface area contributed by atoms with E-state index in [1.54, 1.807) is 11.8 Å². The van der Waals surface area contributed by atoms with Gasteiger partial charge in [-0.3, -0.25) is 0 Å². The van der Waals surface area contributed by atoms with Crippen molar-refractivity contribution in [1.82, 2.24) is 4.98 Å². The van der Waals surface area contributed by atoms with Gasteiger partial charge in [0, 0.05) is 21.8 Å². The van der Waals surface area contributed by atoms with Gasteiger partial charge in [0.1, 0.15) is 0 Å². The van der Waals surface area contributed by atoms with Crippen LogP contribution < -0.4 is 5.73 Å². The summed E-state index contributed by atoms with van der Waals surface area (Å²) in [7, 11) is 0. The van der Waals surface area contributed by atoms with Crippen LogP contribution in [0, 0.1) is 0 Å². The van der Waals surface area contributed by atoms with Crippen LogP contribution in [0.5, 0.6) is 0 Å². The van der Waals surface area contributed by atoms with Crippen LogP contribution in [0.25, 0.3) is 10.9 Å². The number of hydrogen-bond donors (Lipinski definition) is 2. The van der Waals surface area contributed by atoms with Gasteiger partial charge in [-0.15, -0.1) is 0 Å². The second kappa shape index (κ2) is 5.52. The fourth-order valence-corrected chi connectivity index (χ4v) is 3.28. The Morgan fingerprint density at radius 2 is 1.95 bits per heavy atom. The molecule has 2 nitrogen and oxygen atoms in total. The van der Waals surface area contributed by atoms with E-state index in [0.717, 1.165) is 26.0 Å². The fourth-order valence-electron chi connectivity index (χ4n) is 2.10. The summed E-state index contributed by atoms with van der Waals surface area (Å²) >= 11 is 7.96. The highest BCUT2D eigenvalue weighted by molar-refractivity contribution is 7.99. The summed E-state index contributed by atoms with van der Waals surface area (Å²) < 4.78 is 0. The lowest BCUT2D eigenvalue weighted by atomic mass is 10.1. The fraction of sp³-hybridized carbons (Fsp3) is 0.125. The van der Waals surface area contributed by atoms with Crippen LogP contribution in [0.15, 0.2) is 58.5 Å². The zero-order valence-electron chi connectivity index (χ0n) is 11.1. The van der Waals surface area contributed by atoms with Crippen LogP contribution in [0.3, 0.4) is 0 Å². The number of H-pyrrole nitrogens is 1. The molecule has 3 aromatic rings. The minimum atomic E-state index is -0.000346. The lowest BCUT2D eigenvalue weighted by Crippen LogP contribution is -2.04. The van der Waals surface area contributed by atoms with Crippen molar-refractivity contribution >= 4 is 34.3 Å². The number of aromatic amines is 1. The average Bonchev–Trinajstić information content (AvgIpc) is 2.83. The molecule has 0 unspecified atom stereocenters. The molecule has 102 valence electrons. The number of benzene rings is 2. The molecule has 0 amide bonds. The number of rotatable bonds is 3. The van der Waals surface area contributed by atoms with Gasteiger partial charge in [-0.1, -0.05) is 47.6 Å². The van der Waals surface area contributed by atoms with Gasteiger partial charge in [0.2, 0.25) is 0 Å². The van der Waals surface area contributed by atoms with E-state index in [4.69, 9.17) is 17.3 Å². The lowest BCUT2D eigenvalue weighted by molar-refractivity contribution is 0.817. The van der Waals surface area contributed by atoms with Gasteiger partial charge < -0.3 is 10.7 Å². The minimum Gasteiger partial charge on any atom is -0.349 e. The van der Waals surface area contributed by atoms with E-state index in [9.17, 15) is 0 Å². The normalized spacial score (nSPS) is 12.8. The molecule has 20 heavy (non-hydrogen) atoms. The van der Waals surface area contributed by atoms with Crippen molar-refractivity contribution in [2.24, 2.45) is 5.73 Å². The van der Waals surface area contributed by atoms with E-state index in [1.807, 2.05) is 37.3 Å². The molecule has 0 bridgehead atoms. The van der Waals surface area contributed by atoms with Crippen molar-refractivity contribution in [1.29, 1.82) is 0 Å². The maximum absolute atomic E-state index is 6.33. The summed E-state index contributed by atoms with van der Waals surface area (Å²) in [6.07, 6.45) is 0. The van der Waals surface area contributed by atoms with E-state index in [-0.39, 0.29) is 6.04 Å². The standard InChI is InChI=1S/C16H15ClN2S/c1-10(18)11-6-7-15(13(17)8-11)20-16-9-12-4-2-3-5-14(12)19-16/h2-10,19H,18H2,1H3/t10-/m1/s1. The van der Waals surface area contributed by atoms with Gasteiger partial charge in [-0.2, -0.15) is 0 Å². The van der Waals surface area contributed by atoms with Gasteiger partial charge in [0.15, 0.2) is 0 Å². The summed E-state index contributed by atoms with van der Waals surface area (Å²) in [6.45, 7) is 1.95. The number of fused-ring (bicyclic) bond motifs is 1. The van der Waals surface area contributed by atoms with Crippen LogP contribution in [0.4, 0.5) is 0 Å². The van der Waals surface area contributed by atoms with Crippen LogP contribution in [0.2, 0.25) is 5.02 Å². The first-order chi connectivity index (χ1) is 9.63. The number of hydrogen-bond acceptors (Lipinski definition) is 2. The van der Waals surface area contributed by atoms with Crippen molar-refractivity contribution in [3.63, 3.8) is 0 Å². The molecule has 3 rings (SSSR count). The summed E-state index contributed by atoms with van der Waals surface area (Å²) in [5.41, 5.74) is 8.05. The number of halogens is 1. The third kappa shape index (κ3) is 2.70. The van der Waals surface area contributed by atoms with Gasteiger partial charge in [0.05, 0.1) is 10.0 Å². The zero-order chi connectivity index (χ0) is 14.1. The van der Waals surface area contributed by atoms with E-state index >= 15 is 0 Å². The molecule has 0 saturated carbocycles. The van der Waals surface area contributed by atoms with Crippen molar-refractivity contribution < 1.29 is 0 Å². The highest BCUT2D eigenvalue weighted by Gasteiger charge is 2.08. The van der Waals surface area contributed by atoms with Crippen LogP contribution in [-0.4, -0.2) is 4.98 Å². The molecule has 0 fully saturated rings. The molecule has 0 aliphatic rings. The molecule has 1 atom stereocenters. The Labute approximate surface area is 127 Å². The van der Waals surface area contributed by atoms with Gasteiger partial charge in [-0.05, 0) is 36.8 Å². The molecule has 0 aliphatic heterocycles. The molecule has 4 heteroatoms. The molecular weight excluding hydrogens is 288 g/mol. The van der Waals surface area contributed by atoms with E-state index in [0.29, 0.717) is 0 Å². The predicted octanol–water partition coefficient (Wildman–Crippen LogP) is 4.99. The summed E-state index contributed by atoms with van der Waals surface area (Å²) in [6, 6.07) is 16.4. The Morgan fingerprint density at radius 1 is 1.15 bits per heavy atom. The lowest BCUT2D eigenvalue weighted by Gasteiger charge is -2.08. The van der Waals surface area contributed by atoms with Crippen molar-refractivity contribution in [2.45, 2.75) is 22.9 Å². The third-order valence-electron chi connectivity index (χ3n) is 3.21. The van der Waals surface area contributed by atoms with E-state index < -0.39 is 0 Å². The second-order valence-electron chi connectivity index (χ2n) is 4.80. The monoisotopic (exact) mass is 302 g/mol. The van der Waals surface area contributed by atoms with Gasteiger partial charge in [0.25, 0.3) is 0 Å². The zero-order valence-corrected chi connectivity index (χ0v) is 12.6. The molecule has 3 N–H and O–H groups in total. The number of para-hydroxylation sites is 1. The first-order valence-corrected chi connectivity index (χ1v) is 7.63. The highest BCUT2D eigenvalue weighted by Crippen LogP contribution is 2.35. The van der Waals surface area contributed by atoms with Gasteiger partial charge in [-0.25, -0.2) is 0 Å². The van der Waals surface area contributed by atoms with E-state index in [1.165, 1.54) is 5.39 Å². The number of nitrogens with one attached hydrogen (secondary N) is 1. The molecule has 1 heterocycles. The first kappa shape index (κ1) is 13.6. The molecule has 0 aliphatic carbocycles. The SMILES string of the molecule is C[C@@H](N)c1ccc(Sc2cc3ccccc3[nH]2)c(Cl)c1. The summed E-state index contributed by atoms with van der Waals surface area (Å²) in [4.78, 5) is 4.42. The predicted molar refractivity (Wildman–Crippen MR) is 86.5 cm³/mol. The smallest absolute Gasteiger partial charge is 0.0781 e. The van der Waals surface area contributed by atoms with Crippen molar-refractivity contribution in [3.8, 4) is 0 Å². The largest absolute Gasteiger partial charge is 0.349 e. The Balaban J connectivity index is 1.90. The van der Waals surface area contributed by atoms with Crippen LogP contribution >= 0.6 is 23.4 Å². The quantitative estimate of drug-likeness (QED) is 0.715. The molecule has 0 spiro atoms. The minimum absolute atomic E-state index is 0.000346. The highest BCUT2D eigenvalue weighted by atomic mass is 35.5. The molecule has 1 aromatic heterocycles. The van der Waals surface area contributed by atoms with Crippen molar-refractivity contribution in [3.05, 3.63) is 59.1 Å². The Morgan fingerprint density at radius 3 is 2.65 bits per heavy atom.